The van der Waals surface area contributed by atoms with E-state index in [4.69, 9.17) is 10.5 Å². The van der Waals surface area contributed by atoms with Gasteiger partial charge in [0.2, 0.25) is 0 Å². The molecule has 7 nitrogen and oxygen atoms in total. The molecular formula is C13H25N3O4S. The molecule has 2 fully saturated rings. The highest BCUT2D eigenvalue weighted by Gasteiger charge is 2.37. The molecule has 0 amide bonds. The normalized spacial score (nSPS) is 26.7. The van der Waals surface area contributed by atoms with Gasteiger partial charge in [-0.3, -0.25) is 4.79 Å². The average molecular weight is 319 g/mol. The van der Waals surface area contributed by atoms with Crippen molar-refractivity contribution < 1.29 is 17.9 Å². The summed E-state index contributed by atoms with van der Waals surface area (Å²) in [7, 11) is -3.49. The predicted molar refractivity (Wildman–Crippen MR) is 78.6 cm³/mol. The van der Waals surface area contributed by atoms with Crippen molar-refractivity contribution in [1.82, 2.24) is 8.61 Å². The molecule has 2 saturated heterocycles. The molecule has 2 heterocycles. The summed E-state index contributed by atoms with van der Waals surface area (Å²) in [5.41, 5.74) is 5.82. The van der Waals surface area contributed by atoms with E-state index in [2.05, 4.69) is 0 Å². The molecular weight excluding hydrogens is 294 g/mol. The third-order valence-electron chi connectivity index (χ3n) is 4.16. The summed E-state index contributed by atoms with van der Waals surface area (Å²) in [6.07, 6.45) is 2.76. The number of rotatable bonds is 4. The van der Waals surface area contributed by atoms with Crippen molar-refractivity contribution in [3.8, 4) is 0 Å². The van der Waals surface area contributed by atoms with Gasteiger partial charge in [0.1, 0.15) is 0 Å². The molecule has 0 aromatic rings. The van der Waals surface area contributed by atoms with Crippen LogP contribution < -0.4 is 5.73 Å². The summed E-state index contributed by atoms with van der Waals surface area (Å²) in [5.74, 6) is -0.640. The summed E-state index contributed by atoms with van der Waals surface area (Å²) < 4.78 is 33.2. The monoisotopic (exact) mass is 319 g/mol. The summed E-state index contributed by atoms with van der Waals surface area (Å²) in [6.45, 7) is 3.71. The number of piperidine rings is 2. The van der Waals surface area contributed by atoms with E-state index in [1.54, 1.807) is 6.92 Å². The smallest absolute Gasteiger partial charge is 0.310 e. The van der Waals surface area contributed by atoms with Crippen molar-refractivity contribution in [3.05, 3.63) is 0 Å². The van der Waals surface area contributed by atoms with Crippen LogP contribution in [0, 0.1) is 5.92 Å². The Hall–Kier alpha value is -0.700. The molecule has 2 aliphatic heterocycles. The van der Waals surface area contributed by atoms with Crippen molar-refractivity contribution in [2.45, 2.75) is 38.6 Å². The first-order valence-corrected chi connectivity index (χ1v) is 9.02. The zero-order chi connectivity index (χ0) is 15.5. The van der Waals surface area contributed by atoms with Crippen LogP contribution in [0.3, 0.4) is 0 Å². The fraction of sp³-hybridized carbons (Fsp3) is 0.923. The van der Waals surface area contributed by atoms with Crippen molar-refractivity contribution in [2.75, 3.05) is 32.8 Å². The summed E-state index contributed by atoms with van der Waals surface area (Å²) in [5, 5.41) is 0. The SMILES string of the molecule is CCOC(=O)C1CCCN(S(=O)(=O)N2CCC(N)CC2)C1. The maximum atomic E-state index is 12.6. The fourth-order valence-electron chi connectivity index (χ4n) is 2.87. The Morgan fingerprint density at radius 3 is 2.48 bits per heavy atom. The highest BCUT2D eigenvalue weighted by Crippen LogP contribution is 2.24. The Morgan fingerprint density at radius 2 is 1.86 bits per heavy atom. The van der Waals surface area contributed by atoms with Crippen LogP contribution in [0.25, 0.3) is 0 Å². The van der Waals surface area contributed by atoms with Crippen LogP contribution in [0.15, 0.2) is 0 Å². The number of ether oxygens (including phenoxy) is 1. The van der Waals surface area contributed by atoms with Gasteiger partial charge in [0.05, 0.1) is 12.5 Å². The number of esters is 1. The first-order valence-electron chi connectivity index (χ1n) is 7.62. The van der Waals surface area contributed by atoms with E-state index < -0.39 is 10.2 Å². The number of carbonyl (C=O) groups excluding carboxylic acids is 1. The lowest BCUT2D eigenvalue weighted by Crippen LogP contribution is -2.52. The molecule has 0 aliphatic carbocycles. The van der Waals surface area contributed by atoms with Crippen LogP contribution >= 0.6 is 0 Å². The van der Waals surface area contributed by atoms with Gasteiger partial charge in [-0.05, 0) is 32.6 Å². The van der Waals surface area contributed by atoms with E-state index in [1.807, 2.05) is 0 Å². The first kappa shape index (κ1) is 16.7. The van der Waals surface area contributed by atoms with Gasteiger partial charge in [-0.1, -0.05) is 0 Å². The molecule has 0 radical (unpaired) electrons. The Balaban J connectivity index is 2.01. The Bertz CT molecular complexity index is 460. The Morgan fingerprint density at radius 1 is 1.19 bits per heavy atom. The van der Waals surface area contributed by atoms with Gasteiger partial charge in [-0.25, -0.2) is 0 Å². The minimum atomic E-state index is -3.49. The second-order valence-corrected chi connectivity index (χ2v) is 7.62. The highest BCUT2D eigenvalue weighted by molar-refractivity contribution is 7.86. The number of nitrogens with two attached hydrogens (primary N) is 1. The van der Waals surface area contributed by atoms with Gasteiger partial charge in [-0.2, -0.15) is 17.0 Å². The summed E-state index contributed by atoms with van der Waals surface area (Å²) in [4.78, 5) is 11.8. The molecule has 21 heavy (non-hydrogen) atoms. The second kappa shape index (κ2) is 7.04. The van der Waals surface area contributed by atoms with Gasteiger partial charge in [0.25, 0.3) is 10.2 Å². The van der Waals surface area contributed by atoms with Crippen LogP contribution in [-0.2, 0) is 19.7 Å². The molecule has 1 atom stereocenters. The maximum Gasteiger partial charge on any atom is 0.310 e. The van der Waals surface area contributed by atoms with Gasteiger partial charge in [-0.15, -0.1) is 0 Å². The Kier molecular flexibility index (Phi) is 5.59. The molecule has 0 aromatic heterocycles. The highest BCUT2D eigenvalue weighted by atomic mass is 32.2. The van der Waals surface area contributed by atoms with Crippen LogP contribution in [-0.4, -0.2) is 61.8 Å². The zero-order valence-electron chi connectivity index (χ0n) is 12.5. The molecule has 2 N–H and O–H groups in total. The molecule has 8 heteroatoms. The van der Waals surface area contributed by atoms with Gasteiger partial charge in [0.15, 0.2) is 0 Å². The van der Waals surface area contributed by atoms with Crippen molar-refractivity contribution >= 4 is 16.2 Å². The third-order valence-corrected chi connectivity index (χ3v) is 6.16. The standard InChI is InChI=1S/C13H25N3O4S/c1-2-20-13(17)11-4-3-7-16(10-11)21(18,19)15-8-5-12(14)6-9-15/h11-12H,2-10,14H2,1H3. The van der Waals surface area contributed by atoms with E-state index in [0.717, 1.165) is 0 Å². The molecule has 2 rings (SSSR count). The van der Waals surface area contributed by atoms with Crippen LogP contribution in [0.5, 0.6) is 0 Å². The van der Waals surface area contributed by atoms with E-state index in [1.165, 1.54) is 8.61 Å². The topological polar surface area (TPSA) is 92.9 Å². The van der Waals surface area contributed by atoms with Crippen LogP contribution in [0.2, 0.25) is 0 Å². The quantitative estimate of drug-likeness (QED) is 0.732. The largest absolute Gasteiger partial charge is 0.466 e. The van der Waals surface area contributed by atoms with E-state index >= 15 is 0 Å². The van der Waals surface area contributed by atoms with E-state index in [0.29, 0.717) is 51.9 Å². The molecule has 2 aliphatic rings. The number of hydrogen-bond donors (Lipinski definition) is 1. The minimum absolute atomic E-state index is 0.0880. The molecule has 0 bridgehead atoms. The fourth-order valence-corrected chi connectivity index (χ4v) is 4.60. The molecule has 0 spiro atoms. The van der Waals surface area contributed by atoms with Crippen LogP contribution in [0.1, 0.15) is 32.6 Å². The van der Waals surface area contributed by atoms with Crippen molar-refractivity contribution in [3.63, 3.8) is 0 Å². The molecule has 0 saturated carbocycles. The average Bonchev–Trinajstić information content (AvgIpc) is 2.48. The van der Waals surface area contributed by atoms with E-state index in [-0.39, 0.29) is 24.5 Å². The summed E-state index contributed by atoms with van der Waals surface area (Å²) in [6, 6.07) is 0.0880. The van der Waals surface area contributed by atoms with Crippen LogP contribution in [0.4, 0.5) is 0 Å². The number of carbonyl (C=O) groups is 1. The molecule has 122 valence electrons. The third kappa shape index (κ3) is 3.94. The van der Waals surface area contributed by atoms with Gasteiger partial charge >= 0.3 is 5.97 Å². The van der Waals surface area contributed by atoms with Gasteiger partial charge < -0.3 is 10.5 Å². The van der Waals surface area contributed by atoms with Crippen molar-refractivity contribution in [2.24, 2.45) is 11.7 Å². The second-order valence-electron chi connectivity index (χ2n) is 5.69. The maximum absolute atomic E-state index is 12.6. The Labute approximate surface area is 126 Å². The lowest BCUT2D eigenvalue weighted by atomic mass is 10.0. The number of nitrogens with zero attached hydrogens (tertiary/aromatic N) is 2. The lowest BCUT2D eigenvalue weighted by molar-refractivity contribution is -0.149. The molecule has 1 unspecified atom stereocenters. The first-order chi connectivity index (χ1) is 9.95. The van der Waals surface area contributed by atoms with Gasteiger partial charge in [0, 0.05) is 32.2 Å². The minimum Gasteiger partial charge on any atom is -0.466 e. The number of hydrogen-bond acceptors (Lipinski definition) is 5. The zero-order valence-corrected chi connectivity index (χ0v) is 13.3. The lowest BCUT2D eigenvalue weighted by Gasteiger charge is -2.37. The van der Waals surface area contributed by atoms with Crippen molar-refractivity contribution in [1.29, 1.82) is 0 Å². The molecule has 0 aromatic carbocycles. The summed E-state index contributed by atoms with van der Waals surface area (Å²) >= 11 is 0. The van der Waals surface area contributed by atoms with E-state index in [9.17, 15) is 13.2 Å². The predicted octanol–water partition coefficient (Wildman–Crippen LogP) is -0.0706.